The van der Waals surface area contributed by atoms with E-state index < -0.39 is 47.8 Å². The molecule has 1 N–H and O–H groups in total. The van der Waals surface area contributed by atoms with E-state index in [-0.39, 0.29) is 50.5 Å². The van der Waals surface area contributed by atoms with E-state index >= 15 is 0 Å². The number of alkyl halides is 6. The minimum Gasteiger partial charge on any atom is -0.334 e. The Morgan fingerprint density at radius 2 is 1.53 bits per heavy atom. The Balaban J connectivity index is 1.50. The third-order valence-electron chi connectivity index (χ3n) is 6.29. The van der Waals surface area contributed by atoms with E-state index in [2.05, 4.69) is 5.32 Å². The maximum atomic E-state index is 13.2. The van der Waals surface area contributed by atoms with E-state index in [0.29, 0.717) is 17.2 Å². The normalized spacial score (nSPS) is 18.5. The van der Waals surface area contributed by atoms with E-state index in [1.165, 1.54) is 14.7 Å². The monoisotopic (exact) mass is 562 g/mol. The minimum absolute atomic E-state index is 0.00769. The minimum atomic E-state index is -5.02. The molecule has 1 atom stereocenters. The molecular weight excluding hydrogens is 542 g/mol. The van der Waals surface area contributed by atoms with Gasteiger partial charge in [0.05, 0.1) is 17.7 Å². The summed E-state index contributed by atoms with van der Waals surface area (Å²) in [5.41, 5.74) is -2.61. The van der Waals surface area contributed by atoms with Crippen molar-refractivity contribution in [2.75, 3.05) is 19.6 Å². The zero-order valence-corrected chi connectivity index (χ0v) is 20.3. The first-order valence-electron chi connectivity index (χ1n) is 11.4. The quantitative estimate of drug-likeness (QED) is 0.558. The second-order valence-corrected chi connectivity index (χ2v) is 9.36. The molecule has 0 saturated carbocycles. The lowest BCUT2D eigenvalue weighted by Gasteiger charge is -2.48. The highest BCUT2D eigenvalue weighted by Crippen LogP contribution is 2.36. The molecule has 2 aromatic rings. The molecule has 0 bridgehead atoms. The first kappa shape index (κ1) is 27.6. The van der Waals surface area contributed by atoms with E-state index in [1.807, 2.05) is 0 Å². The Morgan fingerprint density at radius 3 is 2.11 bits per heavy atom. The zero-order chi connectivity index (χ0) is 27.8. The number of carbonyl (C=O) groups excluding carboxylic acids is 3. The number of carbonyl (C=O) groups is 3. The van der Waals surface area contributed by atoms with Crippen LogP contribution >= 0.6 is 11.6 Å². The van der Waals surface area contributed by atoms with Crippen molar-refractivity contribution in [3.63, 3.8) is 0 Å². The van der Waals surface area contributed by atoms with Gasteiger partial charge in [0.2, 0.25) is 11.8 Å². The van der Waals surface area contributed by atoms with E-state index in [1.54, 1.807) is 24.3 Å². The van der Waals surface area contributed by atoms with Crippen molar-refractivity contribution >= 4 is 29.4 Å². The van der Waals surface area contributed by atoms with Gasteiger partial charge in [-0.2, -0.15) is 26.3 Å². The number of benzene rings is 2. The summed E-state index contributed by atoms with van der Waals surface area (Å²) in [6, 6.07) is 7.04. The first-order valence-corrected chi connectivity index (χ1v) is 11.7. The second-order valence-electron chi connectivity index (χ2n) is 8.92. The van der Waals surface area contributed by atoms with Gasteiger partial charge in [-0.15, -0.1) is 0 Å². The molecule has 2 aliphatic rings. The molecule has 0 radical (unpaired) electrons. The van der Waals surface area contributed by atoms with E-state index in [9.17, 15) is 40.7 Å². The van der Waals surface area contributed by atoms with Crippen LogP contribution in [0.4, 0.5) is 31.1 Å². The Bertz CT molecular complexity index is 1200. The number of piperazine rings is 1. The first-order chi connectivity index (χ1) is 17.7. The Kier molecular flexibility index (Phi) is 7.51. The smallest absolute Gasteiger partial charge is 0.334 e. The predicted molar refractivity (Wildman–Crippen MR) is 122 cm³/mol. The van der Waals surface area contributed by atoms with Crippen LogP contribution in [0.1, 0.15) is 28.7 Å². The highest BCUT2D eigenvalue weighted by molar-refractivity contribution is 6.30. The topological polar surface area (TPSA) is 73.0 Å². The van der Waals surface area contributed by atoms with Gasteiger partial charge in [-0.05, 0) is 41.5 Å². The summed E-state index contributed by atoms with van der Waals surface area (Å²) < 4.78 is 78.9. The molecule has 2 aromatic carbocycles. The van der Waals surface area contributed by atoms with Crippen molar-refractivity contribution in [3.05, 3.63) is 69.7 Å². The molecule has 2 aliphatic heterocycles. The summed E-state index contributed by atoms with van der Waals surface area (Å²) in [6.45, 7) is -0.762. The number of nitrogens with one attached hydrogen (secondary N) is 1. The van der Waals surface area contributed by atoms with Crippen LogP contribution in [-0.2, 0) is 35.0 Å². The molecule has 0 spiro atoms. The standard InChI is InChI=1S/C24H21ClF6N4O3/c25-18-3-1-14(2-4-18)11-33-12-19-34(6-5-20(36)35(19)13-21(33)37)22(38)32-10-15-7-16(23(26,27)28)9-17(8-15)24(29,30)31/h1-4,7-9,19H,5-6,10-13H2,(H,32,38). The Hall–Kier alpha value is -3.48. The van der Waals surface area contributed by atoms with Gasteiger partial charge in [0.25, 0.3) is 0 Å². The Morgan fingerprint density at radius 1 is 0.921 bits per heavy atom. The summed E-state index contributed by atoms with van der Waals surface area (Å²) in [7, 11) is 0. The number of nitrogens with zero attached hydrogens (tertiary/aromatic N) is 3. The van der Waals surface area contributed by atoms with Crippen LogP contribution in [0.15, 0.2) is 42.5 Å². The SMILES string of the molecule is O=C1CN2C(=O)CCN(C(=O)NCc3cc(C(F)(F)F)cc(C(F)(F)F)c3)C2CN1Cc1ccc(Cl)cc1. The maximum absolute atomic E-state index is 13.2. The lowest BCUT2D eigenvalue weighted by Crippen LogP contribution is -2.68. The van der Waals surface area contributed by atoms with Crippen LogP contribution in [-0.4, -0.2) is 58.3 Å². The molecule has 7 nitrogen and oxygen atoms in total. The predicted octanol–water partition coefficient (Wildman–Crippen LogP) is 4.49. The fourth-order valence-corrected chi connectivity index (χ4v) is 4.50. The van der Waals surface area contributed by atoms with Crippen molar-refractivity contribution < 1.29 is 40.7 Å². The number of fused-ring (bicyclic) bond motifs is 1. The second kappa shape index (κ2) is 10.4. The highest BCUT2D eigenvalue weighted by Gasteiger charge is 2.43. The van der Waals surface area contributed by atoms with Crippen LogP contribution in [0.2, 0.25) is 5.02 Å². The molecule has 1 unspecified atom stereocenters. The molecule has 2 fully saturated rings. The summed E-state index contributed by atoms with van der Waals surface area (Å²) in [4.78, 5) is 42.1. The third kappa shape index (κ3) is 6.14. The lowest BCUT2D eigenvalue weighted by molar-refractivity contribution is -0.159. The maximum Gasteiger partial charge on any atom is 0.416 e. The number of hydrogen-bond donors (Lipinski definition) is 1. The zero-order valence-electron chi connectivity index (χ0n) is 19.6. The summed E-state index contributed by atoms with van der Waals surface area (Å²) in [5.74, 6) is -0.679. The molecule has 2 saturated heterocycles. The summed E-state index contributed by atoms with van der Waals surface area (Å²) in [5, 5.41) is 2.86. The number of hydrogen-bond acceptors (Lipinski definition) is 3. The van der Waals surface area contributed by atoms with Gasteiger partial charge in [-0.3, -0.25) is 9.59 Å². The fraction of sp³-hybridized carbons (Fsp3) is 0.375. The van der Waals surface area contributed by atoms with Gasteiger partial charge in [0, 0.05) is 31.1 Å². The van der Waals surface area contributed by atoms with Gasteiger partial charge < -0.3 is 20.0 Å². The van der Waals surface area contributed by atoms with Crippen molar-refractivity contribution in [1.29, 1.82) is 0 Å². The molecule has 38 heavy (non-hydrogen) atoms. The van der Waals surface area contributed by atoms with Gasteiger partial charge in [0.15, 0.2) is 0 Å². The van der Waals surface area contributed by atoms with Crippen molar-refractivity contribution in [2.45, 2.75) is 38.0 Å². The average molecular weight is 563 g/mol. The van der Waals surface area contributed by atoms with Crippen LogP contribution in [0.5, 0.6) is 0 Å². The molecule has 4 rings (SSSR count). The molecule has 14 heteroatoms. The Labute approximate surface area is 217 Å². The van der Waals surface area contributed by atoms with E-state index in [4.69, 9.17) is 11.6 Å². The molecule has 0 aliphatic carbocycles. The third-order valence-corrected chi connectivity index (χ3v) is 6.54. The number of amides is 4. The van der Waals surface area contributed by atoms with Crippen molar-refractivity contribution in [3.8, 4) is 0 Å². The van der Waals surface area contributed by atoms with Crippen LogP contribution < -0.4 is 5.32 Å². The largest absolute Gasteiger partial charge is 0.416 e. The van der Waals surface area contributed by atoms with Gasteiger partial charge in [0.1, 0.15) is 12.7 Å². The van der Waals surface area contributed by atoms with Gasteiger partial charge in [-0.1, -0.05) is 23.7 Å². The average Bonchev–Trinajstić information content (AvgIpc) is 2.84. The van der Waals surface area contributed by atoms with Crippen LogP contribution in [0, 0.1) is 0 Å². The number of urea groups is 1. The van der Waals surface area contributed by atoms with Gasteiger partial charge >= 0.3 is 18.4 Å². The highest BCUT2D eigenvalue weighted by atomic mass is 35.5. The van der Waals surface area contributed by atoms with Crippen molar-refractivity contribution in [2.24, 2.45) is 0 Å². The van der Waals surface area contributed by atoms with Gasteiger partial charge in [-0.25, -0.2) is 4.79 Å². The van der Waals surface area contributed by atoms with E-state index in [0.717, 1.165) is 5.56 Å². The fourth-order valence-electron chi connectivity index (χ4n) is 4.38. The molecule has 0 aromatic heterocycles. The van der Waals surface area contributed by atoms with Crippen molar-refractivity contribution in [1.82, 2.24) is 20.0 Å². The number of halogens is 7. The molecular formula is C24H21ClF6N4O3. The molecule has 2 heterocycles. The summed E-state index contributed by atoms with van der Waals surface area (Å²) >= 11 is 5.89. The molecule has 4 amide bonds. The lowest BCUT2D eigenvalue weighted by atomic mass is 10.0. The molecule has 204 valence electrons. The summed E-state index contributed by atoms with van der Waals surface area (Å²) in [6.07, 6.45) is -11.0. The van der Waals surface area contributed by atoms with Crippen LogP contribution in [0.25, 0.3) is 0 Å². The van der Waals surface area contributed by atoms with Crippen LogP contribution in [0.3, 0.4) is 0 Å². The number of rotatable bonds is 4.